The van der Waals surface area contributed by atoms with Crippen LogP contribution in [0.5, 0.6) is 0 Å². The average molecular weight is 369 g/mol. The number of hydrogen-bond donors (Lipinski definition) is 1. The summed E-state index contributed by atoms with van der Waals surface area (Å²) in [5.41, 5.74) is 1.41. The van der Waals surface area contributed by atoms with Crippen LogP contribution in [-0.4, -0.2) is 34.6 Å². The molecule has 2 aromatic rings. The molecular weight excluding hydrogens is 343 g/mol. The molecule has 1 atom stereocenters. The number of pyridine rings is 1. The first kappa shape index (κ1) is 19.5. The molecule has 0 aliphatic heterocycles. The molecule has 0 aliphatic rings. The van der Waals surface area contributed by atoms with Crippen LogP contribution >= 0.6 is 23.2 Å². The fourth-order valence-electron chi connectivity index (χ4n) is 2.93. The number of fused-ring (bicyclic) bond motifs is 1. The summed E-state index contributed by atoms with van der Waals surface area (Å²) in [4.78, 5) is 6.65. The van der Waals surface area contributed by atoms with Crippen LogP contribution in [0.15, 0.2) is 24.4 Å². The van der Waals surface area contributed by atoms with Gasteiger partial charge in [0.25, 0.3) is 0 Å². The monoisotopic (exact) mass is 368 g/mol. The predicted molar refractivity (Wildman–Crippen MR) is 103 cm³/mol. The molecule has 3 nitrogen and oxygen atoms in total. The van der Waals surface area contributed by atoms with E-state index in [1.807, 2.05) is 12.1 Å². The van der Waals surface area contributed by atoms with Crippen molar-refractivity contribution in [2.75, 3.05) is 19.6 Å². The van der Waals surface area contributed by atoms with E-state index in [1.165, 1.54) is 0 Å². The molecular formula is C19H26Cl2N2O. The molecule has 0 saturated carbocycles. The Bertz CT molecular complexity index is 655. The Morgan fingerprint density at radius 3 is 2.42 bits per heavy atom. The molecule has 132 valence electrons. The van der Waals surface area contributed by atoms with Crippen molar-refractivity contribution in [3.63, 3.8) is 0 Å². The van der Waals surface area contributed by atoms with E-state index >= 15 is 0 Å². The van der Waals surface area contributed by atoms with Crippen molar-refractivity contribution in [2.45, 2.75) is 45.6 Å². The van der Waals surface area contributed by atoms with Gasteiger partial charge in [-0.25, -0.2) is 0 Å². The number of hydrogen-bond acceptors (Lipinski definition) is 3. The highest BCUT2D eigenvalue weighted by molar-refractivity contribution is 6.39. The Labute approximate surface area is 154 Å². The lowest BCUT2D eigenvalue weighted by atomic mass is 10.0. The van der Waals surface area contributed by atoms with Gasteiger partial charge in [-0.05, 0) is 38.1 Å². The summed E-state index contributed by atoms with van der Waals surface area (Å²) in [6.07, 6.45) is 5.60. The van der Waals surface area contributed by atoms with Crippen molar-refractivity contribution in [3.05, 3.63) is 40.0 Å². The molecule has 0 saturated heterocycles. The van der Waals surface area contributed by atoms with Crippen molar-refractivity contribution in [1.29, 1.82) is 0 Å². The molecule has 0 aliphatic carbocycles. The average Bonchev–Trinajstić information content (AvgIpc) is 2.57. The summed E-state index contributed by atoms with van der Waals surface area (Å²) in [6, 6.07) is 5.44. The summed E-state index contributed by atoms with van der Waals surface area (Å²) < 4.78 is 0. The maximum absolute atomic E-state index is 10.9. The molecule has 24 heavy (non-hydrogen) atoms. The van der Waals surface area contributed by atoms with Gasteiger partial charge in [-0.3, -0.25) is 4.98 Å². The van der Waals surface area contributed by atoms with E-state index in [9.17, 15) is 5.11 Å². The number of nitrogens with zero attached hydrogens (tertiary/aromatic N) is 2. The molecule has 1 aromatic carbocycles. The molecule has 1 aromatic heterocycles. The third-order valence-corrected chi connectivity index (χ3v) is 4.86. The lowest BCUT2D eigenvalue weighted by molar-refractivity contribution is 0.112. The van der Waals surface area contributed by atoms with Gasteiger partial charge in [0.05, 0.1) is 16.6 Å². The number of aliphatic hydroxyl groups excluding tert-OH is 1. The lowest BCUT2D eigenvalue weighted by Gasteiger charge is -2.26. The lowest BCUT2D eigenvalue weighted by Crippen LogP contribution is -2.31. The minimum Gasteiger partial charge on any atom is -0.387 e. The highest BCUT2D eigenvalue weighted by Crippen LogP contribution is 2.35. The van der Waals surface area contributed by atoms with Gasteiger partial charge >= 0.3 is 0 Å². The third kappa shape index (κ3) is 4.82. The van der Waals surface area contributed by atoms with Crippen molar-refractivity contribution in [1.82, 2.24) is 9.88 Å². The molecule has 2 rings (SSSR count). The van der Waals surface area contributed by atoms with Gasteiger partial charge in [0.1, 0.15) is 0 Å². The van der Waals surface area contributed by atoms with Crippen LogP contribution in [0, 0.1) is 0 Å². The van der Waals surface area contributed by atoms with Crippen LogP contribution in [-0.2, 0) is 0 Å². The first-order chi connectivity index (χ1) is 11.6. The van der Waals surface area contributed by atoms with E-state index in [-0.39, 0.29) is 0 Å². The molecule has 1 heterocycles. The molecule has 0 fully saturated rings. The topological polar surface area (TPSA) is 36.4 Å². The molecule has 0 spiro atoms. The smallest absolute Gasteiger partial charge is 0.0937 e. The fourth-order valence-corrected chi connectivity index (χ4v) is 3.58. The standard InChI is InChI=1S/C19H26Cl2N2O/c1-3-5-10-23(11-6-4-2)13-17(24)18-14-8-7-9-22-19(14)16(21)12-15(18)20/h7-9,12,17,24H,3-6,10-11,13H2,1-2H3. The van der Waals surface area contributed by atoms with Crippen molar-refractivity contribution >= 4 is 34.1 Å². The number of unbranched alkanes of at least 4 members (excludes halogenated alkanes) is 2. The van der Waals surface area contributed by atoms with E-state index in [2.05, 4.69) is 23.7 Å². The Morgan fingerprint density at radius 2 is 1.79 bits per heavy atom. The molecule has 0 amide bonds. The minimum absolute atomic E-state index is 0.499. The number of halogens is 2. The number of benzene rings is 1. The second kappa shape index (κ2) is 9.57. The Morgan fingerprint density at radius 1 is 1.12 bits per heavy atom. The maximum Gasteiger partial charge on any atom is 0.0937 e. The highest BCUT2D eigenvalue weighted by atomic mass is 35.5. The number of rotatable bonds is 9. The quantitative estimate of drug-likeness (QED) is 0.636. The number of aromatic nitrogens is 1. The van der Waals surface area contributed by atoms with Gasteiger partial charge in [-0.2, -0.15) is 0 Å². The van der Waals surface area contributed by atoms with Gasteiger partial charge in [0, 0.05) is 28.7 Å². The zero-order valence-corrected chi connectivity index (χ0v) is 15.9. The van der Waals surface area contributed by atoms with Gasteiger partial charge in [0.15, 0.2) is 0 Å². The summed E-state index contributed by atoms with van der Waals surface area (Å²) >= 11 is 12.6. The Hall–Kier alpha value is -0.870. The first-order valence-electron chi connectivity index (χ1n) is 8.71. The largest absolute Gasteiger partial charge is 0.387 e. The summed E-state index contributed by atoms with van der Waals surface area (Å²) in [5.74, 6) is 0. The van der Waals surface area contributed by atoms with Crippen molar-refractivity contribution in [2.24, 2.45) is 0 Å². The zero-order chi connectivity index (χ0) is 17.5. The van der Waals surface area contributed by atoms with E-state index in [4.69, 9.17) is 23.2 Å². The van der Waals surface area contributed by atoms with Crippen LogP contribution < -0.4 is 0 Å². The molecule has 5 heteroatoms. The first-order valence-corrected chi connectivity index (χ1v) is 9.47. The minimum atomic E-state index is -0.657. The normalized spacial score (nSPS) is 12.9. The van der Waals surface area contributed by atoms with Crippen molar-refractivity contribution < 1.29 is 5.11 Å². The van der Waals surface area contributed by atoms with Crippen LogP contribution in [0.25, 0.3) is 10.9 Å². The van der Waals surface area contributed by atoms with Crippen molar-refractivity contribution in [3.8, 4) is 0 Å². The summed E-state index contributed by atoms with van der Waals surface area (Å²) in [7, 11) is 0. The van der Waals surface area contributed by atoms with Gasteiger partial charge in [-0.15, -0.1) is 0 Å². The van der Waals surface area contributed by atoms with E-state index < -0.39 is 6.10 Å². The van der Waals surface area contributed by atoms with Crippen LogP contribution in [0.3, 0.4) is 0 Å². The molecule has 1 unspecified atom stereocenters. The molecule has 0 bridgehead atoms. The SMILES string of the molecule is CCCCN(CCCC)CC(O)c1c(Cl)cc(Cl)c2ncccc12. The van der Waals surface area contributed by atoms with E-state index in [0.29, 0.717) is 22.1 Å². The second-order valence-corrected chi connectivity index (χ2v) is 6.99. The summed E-state index contributed by atoms with van der Waals surface area (Å²) in [6.45, 7) is 6.93. The molecule has 0 radical (unpaired) electrons. The van der Waals surface area contributed by atoms with Gasteiger partial charge in [0.2, 0.25) is 0 Å². The van der Waals surface area contributed by atoms with Crippen LogP contribution in [0.4, 0.5) is 0 Å². The maximum atomic E-state index is 10.9. The second-order valence-electron chi connectivity index (χ2n) is 6.18. The Kier molecular flexibility index (Phi) is 7.76. The number of aliphatic hydroxyl groups is 1. The fraction of sp³-hybridized carbons (Fsp3) is 0.526. The van der Waals surface area contributed by atoms with E-state index in [0.717, 1.165) is 49.7 Å². The predicted octanol–water partition coefficient (Wildman–Crippen LogP) is 5.48. The van der Waals surface area contributed by atoms with Crippen LogP contribution in [0.1, 0.15) is 51.2 Å². The Balaban J connectivity index is 2.27. The van der Waals surface area contributed by atoms with Crippen LogP contribution in [0.2, 0.25) is 10.0 Å². The van der Waals surface area contributed by atoms with Gasteiger partial charge in [-0.1, -0.05) is 56.0 Å². The zero-order valence-electron chi connectivity index (χ0n) is 14.4. The molecule has 1 N–H and O–H groups in total. The highest BCUT2D eigenvalue weighted by Gasteiger charge is 2.20. The van der Waals surface area contributed by atoms with Gasteiger partial charge < -0.3 is 10.0 Å². The third-order valence-electron chi connectivity index (χ3n) is 4.26. The van der Waals surface area contributed by atoms with E-state index in [1.54, 1.807) is 12.3 Å². The summed E-state index contributed by atoms with van der Waals surface area (Å²) in [5, 5.41) is 12.7.